The van der Waals surface area contributed by atoms with Crippen molar-refractivity contribution >= 4 is 21.9 Å². The number of carbonyl (C=O) groups excluding carboxylic acids is 2. The minimum Gasteiger partial charge on any atom is -0.452 e. The Kier molecular flexibility index (Phi) is 6.18. The number of nitrogens with one attached hydrogen (secondary N) is 1. The highest BCUT2D eigenvalue weighted by molar-refractivity contribution is 7.89. The van der Waals surface area contributed by atoms with Crippen molar-refractivity contribution in [2.24, 2.45) is 0 Å². The second kappa shape index (κ2) is 8.02. The second-order valence-electron chi connectivity index (χ2n) is 6.45. The number of carbonyl (C=O) groups is 2. The molecule has 1 aliphatic rings. The molecule has 1 aromatic rings. The molecule has 0 aromatic heterocycles. The van der Waals surface area contributed by atoms with E-state index in [9.17, 15) is 27.7 Å². The van der Waals surface area contributed by atoms with Crippen molar-refractivity contribution in [3.8, 4) is 6.07 Å². The molecule has 0 saturated heterocycles. The van der Waals surface area contributed by atoms with Gasteiger partial charge >= 0.3 is 5.97 Å². The van der Waals surface area contributed by atoms with Crippen molar-refractivity contribution in [3.05, 3.63) is 29.6 Å². The topological polar surface area (TPSA) is 117 Å². The Labute approximate surface area is 157 Å². The lowest BCUT2D eigenvalue weighted by Crippen LogP contribution is -2.46. The molecule has 0 heterocycles. The molecule has 0 aliphatic heterocycles. The van der Waals surface area contributed by atoms with Gasteiger partial charge in [-0.05, 0) is 43.9 Å². The molecule has 0 atom stereocenters. The van der Waals surface area contributed by atoms with Gasteiger partial charge in [0.15, 0.2) is 6.61 Å². The maximum atomic E-state index is 13.9. The number of amides is 1. The van der Waals surface area contributed by atoms with E-state index < -0.39 is 45.4 Å². The van der Waals surface area contributed by atoms with Gasteiger partial charge in [0.25, 0.3) is 5.91 Å². The van der Waals surface area contributed by atoms with Crippen molar-refractivity contribution in [2.75, 3.05) is 20.7 Å². The van der Waals surface area contributed by atoms with Crippen LogP contribution in [0.5, 0.6) is 0 Å². The van der Waals surface area contributed by atoms with Crippen LogP contribution in [0.4, 0.5) is 4.39 Å². The number of hydrogen-bond acceptors (Lipinski definition) is 6. The number of sulfonamides is 1. The maximum Gasteiger partial charge on any atom is 0.341 e. The molecule has 0 unspecified atom stereocenters. The summed E-state index contributed by atoms with van der Waals surface area (Å²) < 4.78 is 43.8. The summed E-state index contributed by atoms with van der Waals surface area (Å²) in [7, 11) is -1.26. The molecule has 1 aromatic carbocycles. The predicted octanol–water partition coefficient (Wildman–Crippen LogP) is 1.19. The van der Waals surface area contributed by atoms with Crippen LogP contribution in [0.1, 0.15) is 36.0 Å². The lowest BCUT2D eigenvalue weighted by atomic mass is 10.00. The van der Waals surface area contributed by atoms with Crippen molar-refractivity contribution in [1.82, 2.24) is 9.62 Å². The summed E-state index contributed by atoms with van der Waals surface area (Å²) in [6, 6.07) is 4.80. The number of ether oxygens (including phenoxy) is 1. The molecule has 27 heavy (non-hydrogen) atoms. The largest absolute Gasteiger partial charge is 0.452 e. The Balaban J connectivity index is 2.08. The Morgan fingerprint density at radius 2 is 1.96 bits per heavy atom. The normalized spacial score (nSPS) is 16.0. The van der Waals surface area contributed by atoms with Crippen LogP contribution in [-0.2, 0) is 19.6 Å². The molecule has 1 aliphatic carbocycles. The lowest BCUT2D eigenvalue weighted by Gasteiger charge is -2.21. The summed E-state index contributed by atoms with van der Waals surface area (Å²) >= 11 is 0. The first-order chi connectivity index (χ1) is 12.6. The first-order valence-electron chi connectivity index (χ1n) is 8.23. The predicted molar refractivity (Wildman–Crippen MR) is 92.5 cm³/mol. The third kappa shape index (κ3) is 4.61. The van der Waals surface area contributed by atoms with Crippen molar-refractivity contribution < 1.29 is 27.1 Å². The number of rotatable bonds is 6. The van der Waals surface area contributed by atoms with E-state index in [1.54, 1.807) is 0 Å². The number of hydrogen-bond donors (Lipinski definition) is 1. The average Bonchev–Trinajstić information content (AvgIpc) is 3.08. The van der Waals surface area contributed by atoms with Gasteiger partial charge in [0.05, 0.1) is 16.5 Å². The molecule has 1 fully saturated rings. The molecule has 1 amide bonds. The Bertz CT molecular complexity index is 886. The standard InChI is InChI=1S/C17H20FN3O5S/c1-21(2)27(24,25)12-5-6-14(18)13(9-12)16(23)26-10-15(22)20-17(11-19)7-3-4-8-17/h5-6,9H,3-4,7-8,10H2,1-2H3,(H,20,22). The molecule has 1 N–H and O–H groups in total. The van der Waals surface area contributed by atoms with Crippen LogP contribution in [-0.4, -0.2) is 50.8 Å². The summed E-state index contributed by atoms with van der Waals surface area (Å²) in [6.07, 6.45) is 2.66. The maximum absolute atomic E-state index is 13.9. The molecular weight excluding hydrogens is 377 g/mol. The van der Waals surface area contributed by atoms with Gasteiger partial charge in [0.2, 0.25) is 10.0 Å². The van der Waals surface area contributed by atoms with Gasteiger partial charge in [-0.3, -0.25) is 4.79 Å². The van der Waals surface area contributed by atoms with E-state index in [1.807, 2.05) is 0 Å². The fourth-order valence-electron chi connectivity index (χ4n) is 2.79. The van der Waals surface area contributed by atoms with E-state index in [0.717, 1.165) is 35.3 Å². The third-order valence-electron chi connectivity index (χ3n) is 4.32. The molecule has 0 spiro atoms. The van der Waals surface area contributed by atoms with E-state index in [2.05, 4.69) is 11.4 Å². The minimum absolute atomic E-state index is 0.278. The van der Waals surface area contributed by atoms with E-state index >= 15 is 0 Å². The molecule has 2 rings (SSSR count). The van der Waals surface area contributed by atoms with Gasteiger partial charge < -0.3 is 10.1 Å². The Hall–Kier alpha value is -2.51. The summed E-state index contributed by atoms with van der Waals surface area (Å²) in [6.45, 7) is -0.702. The summed E-state index contributed by atoms with van der Waals surface area (Å²) in [5.74, 6) is -2.82. The quantitative estimate of drug-likeness (QED) is 0.721. The monoisotopic (exact) mass is 397 g/mol. The van der Waals surface area contributed by atoms with Crippen molar-refractivity contribution in [1.29, 1.82) is 5.26 Å². The van der Waals surface area contributed by atoms with Crippen LogP contribution >= 0.6 is 0 Å². The summed E-state index contributed by atoms with van der Waals surface area (Å²) in [5.41, 5.74) is -1.56. The summed E-state index contributed by atoms with van der Waals surface area (Å²) in [4.78, 5) is 23.8. The second-order valence-corrected chi connectivity index (χ2v) is 8.61. The SMILES string of the molecule is CN(C)S(=O)(=O)c1ccc(F)c(C(=O)OCC(=O)NC2(C#N)CCCC2)c1. The average molecular weight is 397 g/mol. The van der Waals surface area contributed by atoms with Gasteiger partial charge in [0.1, 0.15) is 11.4 Å². The van der Waals surface area contributed by atoms with E-state index in [1.165, 1.54) is 14.1 Å². The lowest BCUT2D eigenvalue weighted by molar-refractivity contribution is -0.125. The van der Waals surface area contributed by atoms with Gasteiger partial charge in [-0.1, -0.05) is 0 Å². The van der Waals surface area contributed by atoms with Crippen LogP contribution in [0.2, 0.25) is 0 Å². The molecular formula is C17H20FN3O5S. The van der Waals surface area contributed by atoms with E-state index in [4.69, 9.17) is 4.74 Å². The van der Waals surface area contributed by atoms with Crippen LogP contribution < -0.4 is 5.32 Å². The number of halogens is 1. The first kappa shape index (κ1) is 20.8. The zero-order valence-corrected chi connectivity index (χ0v) is 15.8. The van der Waals surface area contributed by atoms with Crippen LogP contribution in [0.3, 0.4) is 0 Å². The van der Waals surface area contributed by atoms with Gasteiger partial charge in [-0.2, -0.15) is 5.26 Å². The Morgan fingerprint density at radius 1 is 1.33 bits per heavy atom. The zero-order valence-electron chi connectivity index (χ0n) is 15.0. The van der Waals surface area contributed by atoms with E-state index in [0.29, 0.717) is 12.8 Å². The minimum atomic E-state index is -3.86. The Morgan fingerprint density at radius 3 is 2.52 bits per heavy atom. The first-order valence-corrected chi connectivity index (χ1v) is 9.67. The molecule has 10 heteroatoms. The molecule has 0 radical (unpaired) electrons. The van der Waals surface area contributed by atoms with Crippen LogP contribution in [0.15, 0.2) is 23.1 Å². The van der Waals surface area contributed by atoms with Crippen molar-refractivity contribution in [3.63, 3.8) is 0 Å². The third-order valence-corrected chi connectivity index (χ3v) is 6.13. The molecule has 146 valence electrons. The number of nitrogens with zero attached hydrogens (tertiary/aromatic N) is 2. The number of esters is 1. The zero-order chi connectivity index (χ0) is 20.2. The highest BCUT2D eigenvalue weighted by Crippen LogP contribution is 2.28. The van der Waals surface area contributed by atoms with Gasteiger partial charge in [-0.15, -0.1) is 0 Å². The molecule has 0 bridgehead atoms. The summed E-state index contributed by atoms with van der Waals surface area (Å²) in [5, 5.41) is 11.8. The van der Waals surface area contributed by atoms with Crippen LogP contribution in [0.25, 0.3) is 0 Å². The smallest absolute Gasteiger partial charge is 0.341 e. The number of nitriles is 1. The molecule has 1 saturated carbocycles. The fourth-order valence-corrected chi connectivity index (χ4v) is 3.72. The van der Waals surface area contributed by atoms with Gasteiger partial charge in [0, 0.05) is 14.1 Å². The van der Waals surface area contributed by atoms with Gasteiger partial charge in [-0.25, -0.2) is 21.9 Å². The fraction of sp³-hybridized carbons (Fsp3) is 0.471. The van der Waals surface area contributed by atoms with Crippen LogP contribution in [0, 0.1) is 17.1 Å². The van der Waals surface area contributed by atoms with Crippen molar-refractivity contribution in [2.45, 2.75) is 36.1 Å². The van der Waals surface area contributed by atoms with E-state index in [-0.39, 0.29) is 4.90 Å². The molecule has 8 nitrogen and oxygen atoms in total. The highest BCUT2D eigenvalue weighted by atomic mass is 32.2. The number of benzene rings is 1. The highest BCUT2D eigenvalue weighted by Gasteiger charge is 2.35.